The molecule has 9 nitrogen and oxygen atoms in total. The van der Waals surface area contributed by atoms with Crippen LogP contribution in [0, 0.1) is 0 Å². The van der Waals surface area contributed by atoms with Crippen molar-refractivity contribution >= 4 is 58.6 Å². The second kappa shape index (κ2) is 16.6. The van der Waals surface area contributed by atoms with Crippen LogP contribution in [0.15, 0.2) is 111 Å². The molecule has 3 aromatic carbocycles. The molecule has 0 aliphatic carbocycles. The minimum Gasteiger partial charge on any atom is -1.00 e. The zero-order chi connectivity index (χ0) is 32.0. The normalized spacial score (nSPS) is 17.0. The number of benzene rings is 3. The Bertz CT molecular complexity index is 1740. The number of esters is 1. The first-order chi connectivity index (χ1) is 22.4. The van der Waals surface area contributed by atoms with Crippen molar-refractivity contribution in [3.8, 4) is 0 Å². The van der Waals surface area contributed by atoms with Gasteiger partial charge in [-0.25, -0.2) is 9.78 Å². The molecule has 0 radical (unpaired) electrons. The van der Waals surface area contributed by atoms with Gasteiger partial charge in [0.25, 0.3) is 5.91 Å². The molecule has 0 saturated carbocycles. The maximum atomic E-state index is 14.2. The average Bonchev–Trinajstić information content (AvgIpc) is 3.53. The van der Waals surface area contributed by atoms with Crippen LogP contribution in [0.25, 0.3) is 0 Å². The van der Waals surface area contributed by atoms with Gasteiger partial charge in [0, 0.05) is 22.5 Å². The number of aliphatic carboxylic acids is 1. The Kier molecular flexibility index (Phi) is 12.5. The molecular formula is C34H30KN3O6S3. The topological polar surface area (TPSA) is 126 Å². The zero-order valence-corrected chi connectivity index (χ0v) is 31.0. The molecule has 236 valence electrons. The van der Waals surface area contributed by atoms with Crippen LogP contribution in [-0.2, 0) is 36.8 Å². The number of carboxylic acid groups (broad SMARTS) is 1. The summed E-state index contributed by atoms with van der Waals surface area (Å²) >= 11 is 4.08. The molecule has 2 aliphatic heterocycles. The largest absolute Gasteiger partial charge is 1.00 e. The maximum Gasteiger partial charge on any atom is 1.00 e. The van der Waals surface area contributed by atoms with Gasteiger partial charge in [-0.05, 0) is 16.7 Å². The molecule has 47 heavy (non-hydrogen) atoms. The molecule has 1 saturated heterocycles. The Morgan fingerprint density at radius 1 is 1.00 bits per heavy atom. The summed E-state index contributed by atoms with van der Waals surface area (Å²) in [7, 11) is 0. The number of carbonyl (C=O) groups is 4. The molecule has 0 spiro atoms. The van der Waals surface area contributed by atoms with Crippen molar-refractivity contribution in [2.24, 2.45) is 0 Å². The van der Waals surface area contributed by atoms with Crippen LogP contribution < -0.4 is 56.7 Å². The number of hydrogen-bond donors (Lipinski definition) is 2. The number of aryl methyl sites for hydroxylation is 1. The van der Waals surface area contributed by atoms with Gasteiger partial charge in [0.1, 0.15) is 17.1 Å². The van der Waals surface area contributed by atoms with Gasteiger partial charge in [0.15, 0.2) is 10.4 Å². The number of thiazole rings is 1. The Morgan fingerprint density at radius 3 is 2.23 bits per heavy atom. The van der Waals surface area contributed by atoms with Gasteiger partial charge in [-0.3, -0.25) is 19.3 Å². The SMILES string of the molecule is O=C(O)CCc1csc(SC2=C(C(=O)OC(c3ccccc3)c3ccccc3)N3C(=O)[C@@H](NC(=O)Cc4ccccc4)[C@H]3SC2)n1.[H-].[K+]. The first-order valence-electron chi connectivity index (χ1n) is 14.5. The van der Waals surface area contributed by atoms with E-state index in [1.807, 2.05) is 91.0 Å². The molecule has 2 amide bonds. The molecule has 2 N–H and O–H groups in total. The van der Waals surface area contributed by atoms with Gasteiger partial charge in [-0.2, -0.15) is 0 Å². The number of hydrogen-bond acceptors (Lipinski definition) is 9. The van der Waals surface area contributed by atoms with Crippen molar-refractivity contribution in [2.75, 3.05) is 5.75 Å². The monoisotopic (exact) mass is 711 g/mol. The van der Waals surface area contributed by atoms with Gasteiger partial charge >= 0.3 is 63.3 Å². The van der Waals surface area contributed by atoms with E-state index < -0.39 is 29.5 Å². The van der Waals surface area contributed by atoms with Gasteiger partial charge < -0.3 is 16.6 Å². The van der Waals surface area contributed by atoms with Crippen molar-refractivity contribution in [3.05, 3.63) is 129 Å². The molecule has 0 bridgehead atoms. The molecule has 2 atom stereocenters. The summed E-state index contributed by atoms with van der Waals surface area (Å²) in [6.07, 6.45) is -0.326. The van der Waals surface area contributed by atoms with E-state index in [-0.39, 0.29) is 83.2 Å². The van der Waals surface area contributed by atoms with E-state index in [1.54, 1.807) is 5.38 Å². The third-order valence-corrected chi connectivity index (χ3v) is 11.0. The third-order valence-electron chi connectivity index (χ3n) is 7.42. The van der Waals surface area contributed by atoms with E-state index in [2.05, 4.69) is 10.3 Å². The smallest absolute Gasteiger partial charge is 1.00 e. The number of rotatable bonds is 12. The van der Waals surface area contributed by atoms with Crippen molar-refractivity contribution < 1.29 is 81.8 Å². The number of carboxylic acids is 1. The maximum absolute atomic E-state index is 14.2. The number of nitrogens with zero attached hydrogens (tertiary/aromatic N) is 2. The fraction of sp³-hybridized carbons (Fsp3) is 0.206. The molecule has 13 heteroatoms. The minimum atomic E-state index is -0.905. The Balaban J connectivity index is 0.00000260. The van der Waals surface area contributed by atoms with Crippen LogP contribution >= 0.6 is 34.9 Å². The number of nitrogens with one attached hydrogen (secondary N) is 1. The van der Waals surface area contributed by atoms with E-state index in [1.165, 1.54) is 39.8 Å². The van der Waals surface area contributed by atoms with Gasteiger partial charge in [-0.1, -0.05) is 103 Å². The van der Waals surface area contributed by atoms with Gasteiger partial charge in [-0.15, -0.1) is 23.1 Å². The summed E-state index contributed by atoms with van der Waals surface area (Å²) in [4.78, 5) is 58.3. The molecule has 0 unspecified atom stereocenters. The van der Waals surface area contributed by atoms with Crippen LogP contribution in [0.5, 0.6) is 0 Å². The summed E-state index contributed by atoms with van der Waals surface area (Å²) in [6, 6.07) is 27.3. The minimum absolute atomic E-state index is 0. The van der Waals surface area contributed by atoms with Crippen LogP contribution in [-0.4, -0.2) is 55.9 Å². The summed E-state index contributed by atoms with van der Waals surface area (Å²) in [5.74, 6) is -1.84. The average molecular weight is 712 g/mol. The number of carbonyl (C=O) groups excluding carboxylic acids is 3. The Morgan fingerprint density at radius 2 is 1.62 bits per heavy atom. The van der Waals surface area contributed by atoms with E-state index in [0.29, 0.717) is 27.1 Å². The number of β-lactam (4-membered cyclic amide) rings is 1. The predicted molar refractivity (Wildman–Crippen MR) is 178 cm³/mol. The fourth-order valence-electron chi connectivity index (χ4n) is 5.20. The predicted octanol–water partition coefficient (Wildman–Crippen LogP) is 2.56. The van der Waals surface area contributed by atoms with Crippen molar-refractivity contribution in [3.63, 3.8) is 0 Å². The summed E-state index contributed by atoms with van der Waals surface area (Å²) in [6.45, 7) is 0. The van der Waals surface area contributed by atoms with E-state index >= 15 is 0 Å². The molecule has 1 aromatic heterocycles. The second-order valence-corrected chi connectivity index (χ2v) is 13.9. The van der Waals surface area contributed by atoms with Crippen LogP contribution in [0.4, 0.5) is 0 Å². The Labute approximate surface area is 328 Å². The van der Waals surface area contributed by atoms with E-state index in [0.717, 1.165) is 16.7 Å². The Hall–Kier alpha value is -2.75. The van der Waals surface area contributed by atoms with Crippen molar-refractivity contribution in [1.82, 2.24) is 15.2 Å². The van der Waals surface area contributed by atoms with Crippen molar-refractivity contribution in [2.45, 2.75) is 41.1 Å². The molecule has 6 rings (SSSR count). The van der Waals surface area contributed by atoms with Gasteiger partial charge in [0.2, 0.25) is 5.91 Å². The molecule has 4 aromatic rings. The first-order valence-corrected chi connectivity index (χ1v) is 17.3. The van der Waals surface area contributed by atoms with Crippen LogP contribution in [0.1, 0.15) is 36.3 Å². The number of aromatic nitrogens is 1. The molecule has 2 aliphatic rings. The van der Waals surface area contributed by atoms with Crippen molar-refractivity contribution in [1.29, 1.82) is 0 Å². The number of fused-ring (bicyclic) bond motifs is 1. The fourth-order valence-corrected chi connectivity index (χ4v) is 8.70. The number of amides is 2. The summed E-state index contributed by atoms with van der Waals surface area (Å²) < 4.78 is 6.84. The standard InChI is InChI=1S/C34H29N3O6S3.K.H/c38-26(18-21-10-4-1-5-11-21)36-28-31(41)37-29(25(20-44-32(28)37)46-34-35-24(19-45-34)16-17-27(39)40)33(42)43-30(22-12-6-2-7-13-22)23-14-8-3-9-15-23;;/h1-15,19,28,30,32H,16-18,20H2,(H,36,38)(H,39,40);;/q;+1;-1/t28-,32-;;/m1../s1. The quantitative estimate of drug-likeness (QED) is 0.130. The zero-order valence-electron chi connectivity index (χ0n) is 26.4. The summed E-state index contributed by atoms with van der Waals surface area (Å²) in [5, 5.41) is 13.2. The molecular weight excluding hydrogens is 682 g/mol. The third kappa shape index (κ3) is 8.65. The van der Waals surface area contributed by atoms with E-state index in [4.69, 9.17) is 9.84 Å². The van der Waals surface area contributed by atoms with Gasteiger partial charge in [0.05, 0.1) is 18.5 Å². The summed E-state index contributed by atoms with van der Waals surface area (Å²) in [5.41, 5.74) is 3.17. The number of thioether (sulfide) groups is 2. The van der Waals surface area contributed by atoms with Crippen LogP contribution in [0.2, 0.25) is 0 Å². The van der Waals surface area contributed by atoms with E-state index in [9.17, 15) is 19.2 Å². The molecule has 3 heterocycles. The molecule has 1 fully saturated rings. The second-order valence-electron chi connectivity index (χ2n) is 10.6. The first kappa shape index (κ1) is 35.6. The van der Waals surface area contributed by atoms with Crippen LogP contribution in [0.3, 0.4) is 0 Å². The number of ether oxygens (including phenoxy) is 1.